The topological polar surface area (TPSA) is 47.3 Å². The number of halogens is 1. The highest BCUT2D eigenvalue weighted by molar-refractivity contribution is 9.10. The maximum absolute atomic E-state index is 10.2. The van der Waals surface area contributed by atoms with Crippen molar-refractivity contribution in [3.05, 3.63) is 58.3 Å². The quantitative estimate of drug-likeness (QED) is 0.737. The van der Waals surface area contributed by atoms with Crippen LogP contribution in [0, 0.1) is 13.8 Å². The molecule has 0 radical (unpaired) electrons. The number of fused-ring (bicyclic) bond motifs is 1. The number of benzene rings is 2. The van der Waals surface area contributed by atoms with Crippen LogP contribution >= 0.6 is 15.9 Å². The van der Waals surface area contributed by atoms with Crippen molar-refractivity contribution in [3.8, 4) is 5.75 Å². The Bertz CT molecular complexity index is 812. The first-order chi connectivity index (χ1) is 11.0. The minimum atomic E-state index is -0.599. The molecular formula is C18H19BrN2O2. The molecule has 120 valence electrons. The summed E-state index contributed by atoms with van der Waals surface area (Å²) in [7, 11) is 0. The Kier molecular flexibility index (Phi) is 4.68. The lowest BCUT2D eigenvalue weighted by atomic mass is 10.1. The zero-order valence-electron chi connectivity index (χ0n) is 13.2. The normalized spacial score (nSPS) is 12.5. The number of imidazole rings is 1. The fraction of sp³-hybridized carbons (Fsp3) is 0.278. The lowest BCUT2D eigenvalue weighted by Crippen LogP contribution is -2.23. The van der Waals surface area contributed by atoms with Crippen LogP contribution in [0.1, 0.15) is 11.1 Å². The van der Waals surface area contributed by atoms with E-state index in [2.05, 4.69) is 46.9 Å². The van der Waals surface area contributed by atoms with Gasteiger partial charge in [-0.25, -0.2) is 4.98 Å². The van der Waals surface area contributed by atoms with Crippen molar-refractivity contribution in [2.75, 3.05) is 6.61 Å². The first-order valence-electron chi connectivity index (χ1n) is 7.51. The smallest absolute Gasteiger partial charge is 0.119 e. The summed E-state index contributed by atoms with van der Waals surface area (Å²) in [4.78, 5) is 4.41. The Labute approximate surface area is 143 Å². The molecule has 23 heavy (non-hydrogen) atoms. The number of aryl methyl sites for hydroxylation is 2. The van der Waals surface area contributed by atoms with Crippen molar-refractivity contribution < 1.29 is 9.84 Å². The van der Waals surface area contributed by atoms with E-state index in [1.54, 1.807) is 6.33 Å². The van der Waals surface area contributed by atoms with Gasteiger partial charge in [-0.1, -0.05) is 15.9 Å². The average molecular weight is 375 g/mol. The minimum absolute atomic E-state index is 0.242. The molecule has 0 saturated heterocycles. The Hall–Kier alpha value is -1.85. The summed E-state index contributed by atoms with van der Waals surface area (Å²) >= 11 is 3.38. The third kappa shape index (κ3) is 3.74. The van der Waals surface area contributed by atoms with Gasteiger partial charge in [0, 0.05) is 4.47 Å². The molecule has 3 aromatic rings. The third-order valence-corrected chi connectivity index (χ3v) is 4.43. The fourth-order valence-electron chi connectivity index (χ4n) is 2.46. The molecule has 0 unspecified atom stereocenters. The standard InChI is InChI=1S/C18H19BrN2O2/c1-12-7-17-18(8-13(12)2)21(11-20-17)9-15(22)10-23-16-5-3-14(19)4-6-16/h3-8,11,15,22H,9-10H2,1-2H3/t15-/m0/s1. The zero-order valence-corrected chi connectivity index (χ0v) is 14.7. The Morgan fingerprint density at radius 1 is 1.17 bits per heavy atom. The van der Waals surface area contributed by atoms with Gasteiger partial charge in [-0.2, -0.15) is 0 Å². The lowest BCUT2D eigenvalue weighted by Gasteiger charge is -2.14. The van der Waals surface area contributed by atoms with Crippen LogP contribution in [0.3, 0.4) is 0 Å². The number of aliphatic hydroxyl groups is 1. The van der Waals surface area contributed by atoms with Gasteiger partial charge in [0.1, 0.15) is 18.5 Å². The van der Waals surface area contributed by atoms with Crippen LogP contribution in [0.15, 0.2) is 47.2 Å². The molecule has 1 aromatic heterocycles. The summed E-state index contributed by atoms with van der Waals surface area (Å²) in [5, 5.41) is 10.2. The van der Waals surface area contributed by atoms with Gasteiger partial charge < -0.3 is 14.4 Å². The molecule has 0 fully saturated rings. The van der Waals surface area contributed by atoms with Gasteiger partial charge in [-0.15, -0.1) is 0 Å². The highest BCUT2D eigenvalue weighted by Gasteiger charge is 2.10. The molecule has 1 atom stereocenters. The molecule has 0 spiro atoms. The molecule has 0 bridgehead atoms. The van der Waals surface area contributed by atoms with Gasteiger partial charge in [0.05, 0.1) is 23.9 Å². The van der Waals surface area contributed by atoms with Gasteiger partial charge in [0.15, 0.2) is 0 Å². The number of aromatic nitrogens is 2. The first-order valence-corrected chi connectivity index (χ1v) is 8.31. The van der Waals surface area contributed by atoms with E-state index in [4.69, 9.17) is 4.74 Å². The number of hydrogen-bond acceptors (Lipinski definition) is 3. The van der Waals surface area contributed by atoms with Gasteiger partial charge >= 0.3 is 0 Å². The molecule has 1 heterocycles. The first kappa shape index (κ1) is 16.0. The number of ether oxygens (including phenoxy) is 1. The Morgan fingerprint density at radius 3 is 2.61 bits per heavy atom. The maximum Gasteiger partial charge on any atom is 0.119 e. The van der Waals surface area contributed by atoms with Crippen molar-refractivity contribution in [3.63, 3.8) is 0 Å². The second-order valence-corrected chi connectivity index (χ2v) is 6.66. The largest absolute Gasteiger partial charge is 0.491 e. The van der Waals surface area contributed by atoms with E-state index >= 15 is 0 Å². The van der Waals surface area contributed by atoms with Gasteiger partial charge in [0.25, 0.3) is 0 Å². The van der Waals surface area contributed by atoms with Crippen molar-refractivity contribution in [1.29, 1.82) is 0 Å². The summed E-state index contributed by atoms with van der Waals surface area (Å²) in [6.45, 7) is 4.86. The van der Waals surface area contributed by atoms with Crippen LogP contribution in [0.2, 0.25) is 0 Å². The molecular weight excluding hydrogens is 356 g/mol. The summed E-state index contributed by atoms with van der Waals surface area (Å²) < 4.78 is 8.59. The molecule has 3 rings (SSSR count). The van der Waals surface area contributed by atoms with E-state index in [1.807, 2.05) is 28.8 Å². The number of aliphatic hydroxyl groups excluding tert-OH is 1. The van der Waals surface area contributed by atoms with Gasteiger partial charge in [-0.05, 0) is 61.4 Å². The van der Waals surface area contributed by atoms with Crippen LogP contribution in [-0.2, 0) is 6.54 Å². The summed E-state index contributed by atoms with van der Waals surface area (Å²) in [5.41, 5.74) is 4.44. The molecule has 0 aliphatic carbocycles. The van der Waals surface area contributed by atoms with E-state index in [0.717, 1.165) is 21.3 Å². The van der Waals surface area contributed by atoms with E-state index in [1.165, 1.54) is 11.1 Å². The lowest BCUT2D eigenvalue weighted by molar-refractivity contribution is 0.0934. The van der Waals surface area contributed by atoms with Crippen LogP contribution in [0.5, 0.6) is 5.75 Å². The maximum atomic E-state index is 10.2. The summed E-state index contributed by atoms with van der Waals surface area (Å²) in [5.74, 6) is 0.745. The molecule has 0 amide bonds. The average Bonchev–Trinajstić information content (AvgIpc) is 2.89. The van der Waals surface area contributed by atoms with Crippen molar-refractivity contribution in [2.45, 2.75) is 26.5 Å². The monoisotopic (exact) mass is 374 g/mol. The van der Waals surface area contributed by atoms with Crippen molar-refractivity contribution in [2.24, 2.45) is 0 Å². The molecule has 0 aliphatic rings. The summed E-state index contributed by atoms with van der Waals surface area (Å²) in [6.07, 6.45) is 1.17. The van der Waals surface area contributed by atoms with Crippen LogP contribution in [0.4, 0.5) is 0 Å². The van der Waals surface area contributed by atoms with E-state index < -0.39 is 6.10 Å². The number of rotatable bonds is 5. The van der Waals surface area contributed by atoms with E-state index in [-0.39, 0.29) is 6.61 Å². The zero-order chi connectivity index (χ0) is 16.4. The molecule has 1 N–H and O–H groups in total. The van der Waals surface area contributed by atoms with Crippen LogP contribution in [0.25, 0.3) is 11.0 Å². The Morgan fingerprint density at radius 2 is 1.87 bits per heavy atom. The second kappa shape index (κ2) is 6.72. The van der Waals surface area contributed by atoms with Gasteiger partial charge in [0.2, 0.25) is 0 Å². The highest BCUT2D eigenvalue weighted by Crippen LogP contribution is 2.19. The second-order valence-electron chi connectivity index (χ2n) is 5.74. The molecule has 0 aliphatic heterocycles. The molecule has 5 heteroatoms. The SMILES string of the molecule is Cc1cc2ncn(C[C@H](O)COc3ccc(Br)cc3)c2cc1C. The number of hydrogen-bond donors (Lipinski definition) is 1. The predicted octanol–water partition coefficient (Wildman–Crippen LogP) is 3.86. The van der Waals surface area contributed by atoms with E-state index in [0.29, 0.717) is 6.54 Å². The molecule has 4 nitrogen and oxygen atoms in total. The van der Waals surface area contributed by atoms with E-state index in [9.17, 15) is 5.11 Å². The summed E-state index contributed by atoms with van der Waals surface area (Å²) in [6, 6.07) is 11.8. The number of nitrogens with zero attached hydrogens (tertiary/aromatic N) is 2. The fourth-order valence-corrected chi connectivity index (χ4v) is 2.73. The molecule has 0 saturated carbocycles. The predicted molar refractivity (Wildman–Crippen MR) is 94.9 cm³/mol. The van der Waals surface area contributed by atoms with Crippen molar-refractivity contribution in [1.82, 2.24) is 9.55 Å². The minimum Gasteiger partial charge on any atom is -0.491 e. The third-order valence-electron chi connectivity index (χ3n) is 3.90. The Balaban J connectivity index is 1.67. The molecule has 2 aromatic carbocycles. The highest BCUT2D eigenvalue weighted by atomic mass is 79.9. The van der Waals surface area contributed by atoms with Gasteiger partial charge in [-0.3, -0.25) is 0 Å². The van der Waals surface area contributed by atoms with Crippen LogP contribution in [-0.4, -0.2) is 27.4 Å². The van der Waals surface area contributed by atoms with Crippen LogP contribution < -0.4 is 4.74 Å². The van der Waals surface area contributed by atoms with Crippen molar-refractivity contribution >= 4 is 27.0 Å².